The molecule has 3 rings (SSSR count). The van der Waals surface area contributed by atoms with E-state index in [1.807, 2.05) is 18.8 Å². The zero-order valence-corrected chi connectivity index (χ0v) is 16.3. The number of hydrogen-bond acceptors (Lipinski definition) is 6. The van der Waals surface area contributed by atoms with E-state index >= 15 is 0 Å². The van der Waals surface area contributed by atoms with Gasteiger partial charge in [-0.3, -0.25) is 24.4 Å². The molecular weight excluding hydrogens is 407 g/mol. The quantitative estimate of drug-likeness (QED) is 0.733. The fourth-order valence-electron chi connectivity index (χ4n) is 2.75. The van der Waals surface area contributed by atoms with Gasteiger partial charge < -0.3 is 0 Å². The Balaban J connectivity index is 2.04. The number of aliphatic imine (C=N–C) groups is 1. The van der Waals surface area contributed by atoms with E-state index < -0.39 is 17.0 Å². The van der Waals surface area contributed by atoms with Gasteiger partial charge in [0, 0.05) is 11.1 Å². The van der Waals surface area contributed by atoms with Crippen LogP contribution in [0.4, 0.5) is 0 Å². The Hall–Kier alpha value is -2.84. The molecule has 1 aliphatic rings. The van der Waals surface area contributed by atoms with E-state index in [4.69, 9.17) is 23.2 Å². The SMILES string of the molecule is CC(C)C1=CC(C(=O)c2c(Cl)cc(-c3n[nH]c(=O)[nH]c3=O)cc2Cl)=NCC1=O. The molecule has 2 aromatic rings. The third kappa shape index (κ3) is 3.74. The molecule has 10 heteroatoms. The van der Waals surface area contributed by atoms with E-state index in [0.29, 0.717) is 5.57 Å². The minimum absolute atomic E-state index is 0.000363. The zero-order valence-electron chi connectivity index (χ0n) is 14.8. The number of dihydropyridines is 1. The highest BCUT2D eigenvalue weighted by atomic mass is 35.5. The Kier molecular flexibility index (Phi) is 5.44. The van der Waals surface area contributed by atoms with Crippen molar-refractivity contribution in [3.8, 4) is 11.3 Å². The van der Waals surface area contributed by atoms with Gasteiger partial charge in [0.15, 0.2) is 11.5 Å². The van der Waals surface area contributed by atoms with Crippen LogP contribution < -0.4 is 11.2 Å². The van der Waals surface area contributed by atoms with Gasteiger partial charge in [0.25, 0.3) is 5.56 Å². The first kappa shape index (κ1) is 19.9. The monoisotopic (exact) mass is 420 g/mol. The number of nitrogens with one attached hydrogen (secondary N) is 2. The normalized spacial score (nSPS) is 14.1. The highest BCUT2D eigenvalue weighted by molar-refractivity contribution is 6.56. The summed E-state index contributed by atoms with van der Waals surface area (Å²) < 4.78 is 0. The topological polar surface area (TPSA) is 125 Å². The standard InChI is InChI=1S/C18H14Cl2N4O4/c1-7(2)9-5-12(21-6-13(9)25)16(26)14-10(19)3-8(4-11(14)20)15-17(27)22-18(28)24-23-15/h3-5,7H,6H2,1-2H3,(H2,22,24,27,28). The second kappa shape index (κ2) is 7.65. The second-order valence-corrected chi connectivity index (χ2v) is 7.19. The number of carbonyl (C=O) groups is 2. The first-order chi connectivity index (χ1) is 13.2. The maximum Gasteiger partial charge on any atom is 0.342 e. The van der Waals surface area contributed by atoms with Crippen molar-refractivity contribution in [2.45, 2.75) is 13.8 Å². The molecule has 0 atom stereocenters. The molecule has 1 aliphatic heterocycles. The number of halogens is 2. The van der Waals surface area contributed by atoms with Gasteiger partial charge >= 0.3 is 5.69 Å². The zero-order chi connectivity index (χ0) is 20.6. The van der Waals surface area contributed by atoms with E-state index in [1.165, 1.54) is 18.2 Å². The number of H-pyrrole nitrogens is 2. The van der Waals surface area contributed by atoms with Gasteiger partial charge in [-0.25, -0.2) is 9.89 Å². The first-order valence-electron chi connectivity index (χ1n) is 8.21. The molecule has 1 aromatic carbocycles. The van der Waals surface area contributed by atoms with Crippen molar-refractivity contribution >= 4 is 40.5 Å². The van der Waals surface area contributed by atoms with Crippen molar-refractivity contribution in [3.63, 3.8) is 0 Å². The molecule has 28 heavy (non-hydrogen) atoms. The molecule has 0 saturated heterocycles. The summed E-state index contributed by atoms with van der Waals surface area (Å²) in [5.74, 6) is -0.727. The lowest BCUT2D eigenvalue weighted by Gasteiger charge is -2.15. The summed E-state index contributed by atoms with van der Waals surface area (Å²) in [5, 5.41) is 5.76. The van der Waals surface area contributed by atoms with Crippen LogP contribution in [0.25, 0.3) is 11.3 Å². The molecule has 0 aliphatic carbocycles. The van der Waals surface area contributed by atoms with Crippen LogP contribution in [0, 0.1) is 5.92 Å². The van der Waals surface area contributed by atoms with Crippen LogP contribution in [0.2, 0.25) is 10.0 Å². The van der Waals surface area contributed by atoms with Gasteiger partial charge in [0.1, 0.15) is 12.3 Å². The van der Waals surface area contributed by atoms with Gasteiger partial charge in [-0.2, -0.15) is 5.10 Å². The van der Waals surface area contributed by atoms with E-state index in [9.17, 15) is 19.2 Å². The predicted molar refractivity (Wildman–Crippen MR) is 105 cm³/mol. The Morgan fingerprint density at radius 1 is 1.14 bits per heavy atom. The summed E-state index contributed by atoms with van der Waals surface area (Å²) >= 11 is 12.5. The van der Waals surface area contributed by atoms with Crippen molar-refractivity contribution in [1.29, 1.82) is 0 Å². The van der Waals surface area contributed by atoms with E-state index in [-0.39, 0.29) is 50.8 Å². The smallest absolute Gasteiger partial charge is 0.292 e. The number of ketones is 2. The van der Waals surface area contributed by atoms with Gasteiger partial charge in [-0.1, -0.05) is 37.0 Å². The third-order valence-electron chi connectivity index (χ3n) is 4.12. The van der Waals surface area contributed by atoms with Crippen LogP contribution in [-0.4, -0.2) is 39.0 Å². The molecule has 0 saturated carbocycles. The molecule has 2 N–H and O–H groups in total. The average molecular weight is 421 g/mol. The van der Waals surface area contributed by atoms with E-state index in [1.54, 1.807) is 0 Å². The molecule has 0 radical (unpaired) electrons. The lowest BCUT2D eigenvalue weighted by Crippen LogP contribution is -2.25. The van der Waals surface area contributed by atoms with Crippen LogP contribution >= 0.6 is 23.2 Å². The number of aromatic nitrogens is 3. The molecule has 0 spiro atoms. The maximum atomic E-state index is 12.9. The molecule has 0 amide bonds. The number of carbonyl (C=O) groups excluding carboxylic acids is 2. The largest absolute Gasteiger partial charge is 0.342 e. The van der Waals surface area contributed by atoms with Gasteiger partial charge in [0.05, 0.1) is 15.6 Å². The van der Waals surface area contributed by atoms with Crippen molar-refractivity contribution in [1.82, 2.24) is 15.2 Å². The Bertz CT molecular complexity index is 1150. The second-order valence-electron chi connectivity index (χ2n) is 6.38. The van der Waals surface area contributed by atoms with Crippen LogP contribution in [0.1, 0.15) is 24.2 Å². The highest BCUT2D eigenvalue weighted by Gasteiger charge is 2.26. The van der Waals surface area contributed by atoms with E-state index in [0.717, 1.165) is 0 Å². The van der Waals surface area contributed by atoms with Gasteiger partial charge in [-0.15, -0.1) is 0 Å². The summed E-state index contributed by atoms with van der Waals surface area (Å²) in [5.41, 5.74) is -0.773. The highest BCUT2D eigenvalue weighted by Crippen LogP contribution is 2.31. The van der Waals surface area contributed by atoms with Crippen LogP contribution in [0.5, 0.6) is 0 Å². The van der Waals surface area contributed by atoms with Gasteiger partial charge in [-0.05, 0) is 24.1 Å². The molecule has 0 unspecified atom stereocenters. The lowest BCUT2D eigenvalue weighted by atomic mass is 9.93. The Morgan fingerprint density at radius 3 is 2.36 bits per heavy atom. The van der Waals surface area contributed by atoms with Gasteiger partial charge in [0.2, 0.25) is 5.78 Å². The van der Waals surface area contributed by atoms with Crippen molar-refractivity contribution in [2.24, 2.45) is 10.9 Å². The Morgan fingerprint density at radius 2 is 1.79 bits per heavy atom. The first-order valence-corrected chi connectivity index (χ1v) is 8.97. The fraction of sp³-hybridized carbons (Fsp3) is 0.222. The number of benzene rings is 1. The molecular formula is C18H14Cl2N4O4. The summed E-state index contributed by atoms with van der Waals surface area (Å²) in [7, 11) is 0. The molecule has 2 heterocycles. The molecule has 0 bridgehead atoms. The number of rotatable bonds is 4. The van der Waals surface area contributed by atoms with E-state index in [2.05, 4.69) is 15.2 Å². The number of nitrogens with zero attached hydrogens (tertiary/aromatic N) is 2. The predicted octanol–water partition coefficient (Wildman–Crippen LogP) is 2.22. The van der Waals surface area contributed by atoms with Crippen molar-refractivity contribution in [2.75, 3.05) is 6.54 Å². The van der Waals surface area contributed by atoms with Crippen LogP contribution in [0.3, 0.4) is 0 Å². The van der Waals surface area contributed by atoms with Crippen molar-refractivity contribution < 1.29 is 9.59 Å². The lowest BCUT2D eigenvalue weighted by molar-refractivity contribution is -0.114. The average Bonchev–Trinajstić information content (AvgIpc) is 2.61. The summed E-state index contributed by atoms with van der Waals surface area (Å²) in [6.07, 6.45) is 1.45. The van der Waals surface area contributed by atoms with Crippen LogP contribution in [0.15, 0.2) is 38.4 Å². The summed E-state index contributed by atoms with van der Waals surface area (Å²) in [6.45, 7) is 3.58. The maximum absolute atomic E-state index is 12.9. The summed E-state index contributed by atoms with van der Waals surface area (Å²) in [6, 6.07) is 2.69. The molecule has 8 nitrogen and oxygen atoms in total. The summed E-state index contributed by atoms with van der Waals surface area (Å²) in [4.78, 5) is 53.9. The number of Topliss-reactive ketones (excluding diaryl/α,β-unsaturated/α-hetero) is 2. The minimum Gasteiger partial charge on any atom is -0.292 e. The molecule has 144 valence electrons. The molecule has 1 aromatic heterocycles. The number of hydrogen-bond donors (Lipinski definition) is 2. The fourth-order valence-corrected chi connectivity index (χ4v) is 3.40. The Labute approximate surface area is 168 Å². The van der Waals surface area contributed by atoms with Crippen LogP contribution in [-0.2, 0) is 4.79 Å². The number of allylic oxidation sites excluding steroid dienone is 1. The molecule has 0 fully saturated rings. The number of aromatic amines is 2. The van der Waals surface area contributed by atoms with Crippen molar-refractivity contribution in [3.05, 3.63) is 60.2 Å². The minimum atomic E-state index is -0.754. The third-order valence-corrected chi connectivity index (χ3v) is 4.71.